The molecule has 0 N–H and O–H groups in total. The van der Waals surface area contributed by atoms with Crippen LogP contribution in [0.3, 0.4) is 0 Å². The standard InChI is InChI=1S/C16H19N3O2/c1-20-12-14-11-19(9-10-21-14)16-15(17-7-8-18-16)13-5-3-2-4-6-13/h2-8,14H,9-12H2,1H3/t14-/m0/s1. The van der Waals surface area contributed by atoms with Crippen LogP contribution in [0.15, 0.2) is 42.7 Å². The summed E-state index contributed by atoms with van der Waals surface area (Å²) in [5.41, 5.74) is 1.99. The summed E-state index contributed by atoms with van der Waals surface area (Å²) in [7, 11) is 1.69. The number of anilines is 1. The quantitative estimate of drug-likeness (QED) is 0.860. The SMILES string of the molecule is COC[C@@H]1CN(c2nccnc2-c2ccccc2)CCO1. The lowest BCUT2D eigenvalue weighted by Crippen LogP contribution is -2.45. The van der Waals surface area contributed by atoms with Crippen LogP contribution in [-0.4, -0.2) is 49.5 Å². The van der Waals surface area contributed by atoms with Crippen molar-refractivity contribution in [2.24, 2.45) is 0 Å². The van der Waals surface area contributed by atoms with Gasteiger partial charge in [-0.3, -0.25) is 4.98 Å². The molecule has 1 saturated heterocycles. The largest absolute Gasteiger partial charge is 0.382 e. The summed E-state index contributed by atoms with van der Waals surface area (Å²) in [4.78, 5) is 11.3. The predicted molar refractivity (Wildman–Crippen MR) is 81.3 cm³/mol. The van der Waals surface area contributed by atoms with Crippen molar-refractivity contribution in [1.29, 1.82) is 0 Å². The Kier molecular flexibility index (Phi) is 4.43. The van der Waals surface area contributed by atoms with Crippen LogP contribution < -0.4 is 4.90 Å². The van der Waals surface area contributed by atoms with E-state index in [-0.39, 0.29) is 6.10 Å². The van der Waals surface area contributed by atoms with Crippen molar-refractivity contribution in [2.75, 3.05) is 38.3 Å². The maximum absolute atomic E-state index is 5.70. The van der Waals surface area contributed by atoms with Gasteiger partial charge in [0.15, 0.2) is 5.82 Å². The molecule has 2 aromatic rings. The summed E-state index contributed by atoms with van der Waals surface area (Å²) in [6.07, 6.45) is 3.55. The van der Waals surface area contributed by atoms with Crippen molar-refractivity contribution in [1.82, 2.24) is 9.97 Å². The molecule has 21 heavy (non-hydrogen) atoms. The number of morpholine rings is 1. The first-order valence-electron chi connectivity index (χ1n) is 7.10. The fourth-order valence-corrected chi connectivity index (χ4v) is 2.56. The van der Waals surface area contributed by atoms with Crippen LogP contribution in [0.2, 0.25) is 0 Å². The van der Waals surface area contributed by atoms with E-state index in [0.29, 0.717) is 13.2 Å². The third-order valence-corrected chi connectivity index (χ3v) is 3.52. The molecule has 3 rings (SSSR count). The zero-order chi connectivity index (χ0) is 14.5. The van der Waals surface area contributed by atoms with Crippen LogP contribution in [-0.2, 0) is 9.47 Å². The van der Waals surface area contributed by atoms with Crippen molar-refractivity contribution >= 4 is 5.82 Å². The van der Waals surface area contributed by atoms with E-state index in [4.69, 9.17) is 9.47 Å². The molecule has 0 radical (unpaired) electrons. The van der Waals surface area contributed by atoms with Gasteiger partial charge < -0.3 is 14.4 Å². The third-order valence-electron chi connectivity index (χ3n) is 3.52. The van der Waals surface area contributed by atoms with Crippen molar-refractivity contribution in [3.63, 3.8) is 0 Å². The molecular weight excluding hydrogens is 266 g/mol. The lowest BCUT2D eigenvalue weighted by Gasteiger charge is -2.34. The third kappa shape index (κ3) is 3.20. The van der Waals surface area contributed by atoms with Gasteiger partial charge in [-0.2, -0.15) is 0 Å². The van der Waals surface area contributed by atoms with Crippen molar-refractivity contribution in [3.05, 3.63) is 42.7 Å². The van der Waals surface area contributed by atoms with E-state index in [0.717, 1.165) is 30.2 Å². The molecule has 0 unspecified atom stereocenters. The minimum atomic E-state index is 0.0781. The van der Waals surface area contributed by atoms with Crippen LogP contribution in [0.4, 0.5) is 5.82 Å². The molecule has 1 fully saturated rings. The zero-order valence-electron chi connectivity index (χ0n) is 12.1. The van der Waals surface area contributed by atoms with Gasteiger partial charge >= 0.3 is 0 Å². The summed E-state index contributed by atoms with van der Waals surface area (Å²) in [6.45, 7) is 2.86. The molecular formula is C16H19N3O2. The van der Waals surface area contributed by atoms with E-state index >= 15 is 0 Å². The van der Waals surface area contributed by atoms with Crippen LogP contribution in [0.25, 0.3) is 11.3 Å². The minimum absolute atomic E-state index is 0.0781. The Morgan fingerprint density at radius 2 is 2.05 bits per heavy atom. The van der Waals surface area contributed by atoms with E-state index in [1.165, 1.54) is 0 Å². The number of rotatable bonds is 4. The van der Waals surface area contributed by atoms with Crippen LogP contribution in [0.5, 0.6) is 0 Å². The molecule has 5 heteroatoms. The molecule has 0 saturated carbocycles. The van der Waals surface area contributed by atoms with Gasteiger partial charge in [0.1, 0.15) is 5.69 Å². The van der Waals surface area contributed by atoms with Gasteiger partial charge in [-0.1, -0.05) is 30.3 Å². The predicted octanol–water partition coefficient (Wildman–Crippen LogP) is 2.00. The zero-order valence-corrected chi connectivity index (χ0v) is 12.1. The van der Waals surface area contributed by atoms with Gasteiger partial charge in [0.05, 0.1) is 19.3 Å². The first kappa shape index (κ1) is 14.0. The fourth-order valence-electron chi connectivity index (χ4n) is 2.56. The molecule has 2 heterocycles. The van der Waals surface area contributed by atoms with Gasteiger partial charge in [-0.25, -0.2) is 4.98 Å². The van der Waals surface area contributed by atoms with E-state index in [2.05, 4.69) is 27.0 Å². The Balaban J connectivity index is 1.88. The smallest absolute Gasteiger partial charge is 0.155 e. The number of hydrogen-bond donors (Lipinski definition) is 0. The van der Waals surface area contributed by atoms with Gasteiger partial charge in [0.2, 0.25) is 0 Å². The Morgan fingerprint density at radius 1 is 1.24 bits per heavy atom. The first-order valence-corrected chi connectivity index (χ1v) is 7.10. The first-order chi connectivity index (χ1) is 10.4. The minimum Gasteiger partial charge on any atom is -0.382 e. The molecule has 1 aliphatic rings. The maximum atomic E-state index is 5.70. The Hall–Kier alpha value is -1.98. The molecule has 1 atom stereocenters. The number of hydrogen-bond acceptors (Lipinski definition) is 5. The second-order valence-corrected chi connectivity index (χ2v) is 4.99. The summed E-state index contributed by atoms with van der Waals surface area (Å²) in [5.74, 6) is 0.910. The van der Waals surface area contributed by atoms with Crippen molar-refractivity contribution < 1.29 is 9.47 Å². The van der Waals surface area contributed by atoms with E-state index in [9.17, 15) is 0 Å². The molecule has 0 spiro atoms. The summed E-state index contributed by atoms with van der Waals surface area (Å²) >= 11 is 0. The monoisotopic (exact) mass is 285 g/mol. The summed E-state index contributed by atoms with van der Waals surface area (Å²) in [5, 5.41) is 0. The lowest BCUT2D eigenvalue weighted by atomic mass is 10.1. The van der Waals surface area contributed by atoms with E-state index in [1.54, 1.807) is 19.5 Å². The molecule has 0 amide bonds. The summed E-state index contributed by atoms with van der Waals surface area (Å²) < 4.78 is 10.9. The second kappa shape index (κ2) is 6.65. The van der Waals surface area contributed by atoms with Crippen LogP contribution in [0.1, 0.15) is 0 Å². The Morgan fingerprint density at radius 3 is 2.86 bits per heavy atom. The number of nitrogens with zero attached hydrogens (tertiary/aromatic N) is 3. The number of methoxy groups -OCH3 is 1. The molecule has 1 aliphatic heterocycles. The van der Waals surface area contributed by atoms with Crippen molar-refractivity contribution in [2.45, 2.75) is 6.10 Å². The van der Waals surface area contributed by atoms with E-state index in [1.807, 2.05) is 18.2 Å². The molecule has 1 aromatic heterocycles. The lowest BCUT2D eigenvalue weighted by molar-refractivity contribution is -0.0102. The normalized spacial score (nSPS) is 18.7. The fraction of sp³-hybridized carbons (Fsp3) is 0.375. The Bertz CT molecular complexity index is 575. The Labute approximate surface area is 124 Å². The molecule has 110 valence electrons. The average molecular weight is 285 g/mol. The van der Waals surface area contributed by atoms with Crippen LogP contribution in [0, 0.1) is 0 Å². The topological polar surface area (TPSA) is 47.5 Å². The van der Waals surface area contributed by atoms with E-state index < -0.39 is 0 Å². The maximum Gasteiger partial charge on any atom is 0.155 e. The number of aromatic nitrogens is 2. The second-order valence-electron chi connectivity index (χ2n) is 4.99. The molecule has 1 aromatic carbocycles. The highest BCUT2D eigenvalue weighted by Gasteiger charge is 2.23. The summed E-state index contributed by atoms with van der Waals surface area (Å²) in [6, 6.07) is 10.1. The number of ether oxygens (including phenoxy) is 2. The van der Waals surface area contributed by atoms with Crippen LogP contribution >= 0.6 is 0 Å². The molecule has 0 bridgehead atoms. The molecule has 0 aliphatic carbocycles. The van der Waals surface area contributed by atoms with Crippen molar-refractivity contribution in [3.8, 4) is 11.3 Å². The number of benzene rings is 1. The van der Waals surface area contributed by atoms with Gasteiger partial charge in [-0.05, 0) is 0 Å². The highest BCUT2D eigenvalue weighted by atomic mass is 16.5. The highest BCUT2D eigenvalue weighted by Crippen LogP contribution is 2.27. The van der Waals surface area contributed by atoms with Gasteiger partial charge in [0, 0.05) is 38.2 Å². The van der Waals surface area contributed by atoms with Gasteiger partial charge in [-0.15, -0.1) is 0 Å². The average Bonchev–Trinajstić information content (AvgIpc) is 2.56. The van der Waals surface area contributed by atoms with Gasteiger partial charge in [0.25, 0.3) is 0 Å². The molecule has 5 nitrogen and oxygen atoms in total. The highest BCUT2D eigenvalue weighted by molar-refractivity contribution is 5.71.